The number of carbonyl (C=O) groups is 1. The van der Waals surface area contributed by atoms with Crippen LogP contribution in [-0.2, 0) is 4.79 Å². The van der Waals surface area contributed by atoms with Crippen LogP contribution in [0, 0.1) is 11.8 Å². The van der Waals surface area contributed by atoms with Crippen LogP contribution in [0.4, 0.5) is 0 Å². The van der Waals surface area contributed by atoms with Crippen molar-refractivity contribution in [2.24, 2.45) is 0 Å². The van der Waals surface area contributed by atoms with E-state index >= 15 is 0 Å². The van der Waals surface area contributed by atoms with Crippen molar-refractivity contribution in [3.8, 4) is 11.8 Å². The summed E-state index contributed by atoms with van der Waals surface area (Å²) in [7, 11) is 0. The lowest BCUT2D eigenvalue weighted by atomic mass is 10.2. The van der Waals surface area contributed by atoms with Gasteiger partial charge in [0.2, 0.25) is 0 Å². The summed E-state index contributed by atoms with van der Waals surface area (Å²) in [6.45, 7) is 0. The Labute approximate surface area is 75.6 Å². The molecule has 0 saturated heterocycles. The largest absolute Gasteiger partial charge is 0.361 e. The molecule has 3 nitrogen and oxygen atoms in total. The molecule has 1 aromatic rings. The van der Waals surface area contributed by atoms with Crippen molar-refractivity contribution in [2.75, 3.05) is 0 Å². The van der Waals surface area contributed by atoms with Crippen molar-refractivity contribution < 1.29 is 9.58 Å². The fraction of sp³-hybridized carbons (Fsp3) is 0. The predicted molar refractivity (Wildman–Crippen MR) is 48.0 cm³/mol. The highest BCUT2D eigenvalue weighted by Gasteiger charge is 1.93. The molecule has 0 N–H and O–H groups in total. The van der Waals surface area contributed by atoms with E-state index in [2.05, 4.69) is 16.6 Å². The van der Waals surface area contributed by atoms with Gasteiger partial charge in [-0.15, -0.1) is 0 Å². The van der Waals surface area contributed by atoms with Crippen molar-refractivity contribution in [1.29, 1.82) is 0 Å². The normalized spacial score (nSPS) is 7.69. The predicted octanol–water partition coefficient (Wildman–Crippen LogP) is 0.908. The first-order valence-corrected chi connectivity index (χ1v) is 3.61. The molecule has 0 amide bonds. The van der Waals surface area contributed by atoms with Crippen molar-refractivity contribution in [3.05, 3.63) is 41.4 Å². The molecule has 0 aliphatic rings. The molecule has 0 unspecified atom stereocenters. The minimum atomic E-state index is -0.522. The molecular weight excluding hydrogens is 164 g/mol. The molecular formula is C10H6N2O. The van der Waals surface area contributed by atoms with Gasteiger partial charge in [-0.25, -0.2) is 0 Å². The summed E-state index contributed by atoms with van der Waals surface area (Å²) in [6, 6.07) is 9.10. The third-order valence-corrected chi connectivity index (χ3v) is 1.28. The first kappa shape index (κ1) is 8.92. The lowest BCUT2D eigenvalue weighted by molar-refractivity contribution is -0.111. The number of carbonyl (C=O) groups excluding carboxylic acids is 1. The Balaban J connectivity index is 2.79. The third-order valence-electron chi connectivity index (χ3n) is 1.28. The second-order valence-electron chi connectivity index (χ2n) is 2.22. The molecule has 0 fully saturated rings. The Bertz CT molecular complexity index is 406. The summed E-state index contributed by atoms with van der Waals surface area (Å²) < 4.78 is 0. The standard InChI is InChI=1S/C10H6N2O/c11-12-8-10(13)7-6-9-4-2-1-3-5-9/h1-5,8H. The van der Waals surface area contributed by atoms with Crippen molar-refractivity contribution >= 4 is 12.0 Å². The Morgan fingerprint density at radius 2 is 2.08 bits per heavy atom. The molecule has 0 saturated carbocycles. The second kappa shape index (κ2) is 4.66. The van der Waals surface area contributed by atoms with Crippen LogP contribution >= 0.6 is 0 Å². The molecule has 0 atom stereocenters. The number of ketones is 1. The number of hydrogen-bond acceptors (Lipinski definition) is 1. The monoisotopic (exact) mass is 170 g/mol. The van der Waals surface area contributed by atoms with Gasteiger partial charge in [0.15, 0.2) is 0 Å². The minimum absolute atomic E-state index is 0.522. The molecule has 0 aliphatic heterocycles. The van der Waals surface area contributed by atoms with Gasteiger partial charge in [-0.1, -0.05) is 24.1 Å². The molecule has 0 heterocycles. The van der Waals surface area contributed by atoms with E-state index in [9.17, 15) is 4.79 Å². The number of rotatable bonds is 1. The van der Waals surface area contributed by atoms with E-state index in [0.717, 1.165) is 11.8 Å². The molecule has 1 aromatic carbocycles. The highest BCUT2D eigenvalue weighted by atomic mass is 16.1. The highest BCUT2D eigenvalue weighted by molar-refractivity contribution is 6.33. The fourth-order valence-electron chi connectivity index (χ4n) is 0.740. The zero-order chi connectivity index (χ0) is 9.52. The molecule has 0 aliphatic carbocycles. The number of Topliss-reactive ketones (excluding diaryl/α,β-unsaturated/α-hetero) is 1. The Morgan fingerprint density at radius 3 is 2.69 bits per heavy atom. The van der Waals surface area contributed by atoms with Gasteiger partial charge < -0.3 is 5.53 Å². The van der Waals surface area contributed by atoms with Crippen LogP contribution < -0.4 is 0 Å². The van der Waals surface area contributed by atoms with Gasteiger partial charge in [0, 0.05) is 5.56 Å². The number of hydrogen-bond donors (Lipinski definition) is 0. The molecule has 0 aromatic heterocycles. The fourth-order valence-corrected chi connectivity index (χ4v) is 0.740. The average molecular weight is 170 g/mol. The molecule has 3 heteroatoms. The maximum absolute atomic E-state index is 10.7. The number of nitrogens with zero attached hydrogens (tertiary/aromatic N) is 2. The summed E-state index contributed by atoms with van der Waals surface area (Å²) in [6.07, 6.45) is 0.760. The summed E-state index contributed by atoms with van der Waals surface area (Å²) in [5, 5.41) is 0. The quantitative estimate of drug-likeness (QED) is 0.267. The smallest absolute Gasteiger partial charge is 0.336 e. The molecule has 0 radical (unpaired) electrons. The molecule has 13 heavy (non-hydrogen) atoms. The Hall–Kier alpha value is -2.17. The van der Waals surface area contributed by atoms with E-state index in [4.69, 9.17) is 5.53 Å². The first-order valence-electron chi connectivity index (χ1n) is 3.61. The maximum atomic E-state index is 10.7. The van der Waals surface area contributed by atoms with Gasteiger partial charge in [-0.2, -0.15) is 4.79 Å². The van der Waals surface area contributed by atoms with Crippen molar-refractivity contribution in [1.82, 2.24) is 0 Å². The molecule has 62 valence electrons. The molecule has 0 spiro atoms. The summed E-state index contributed by atoms with van der Waals surface area (Å²) in [5.41, 5.74) is 8.77. The van der Waals surface area contributed by atoms with E-state index in [0.29, 0.717) is 0 Å². The average Bonchev–Trinajstić information content (AvgIpc) is 2.17. The Kier molecular flexibility index (Phi) is 3.20. The maximum Gasteiger partial charge on any atom is 0.336 e. The van der Waals surface area contributed by atoms with Gasteiger partial charge in [-0.05, 0) is 18.1 Å². The zero-order valence-electron chi connectivity index (χ0n) is 6.77. The minimum Gasteiger partial charge on any atom is -0.361 e. The number of benzene rings is 1. The van der Waals surface area contributed by atoms with Gasteiger partial charge in [-0.3, -0.25) is 4.79 Å². The van der Waals surface area contributed by atoms with E-state index in [-0.39, 0.29) is 0 Å². The lowest BCUT2D eigenvalue weighted by Gasteiger charge is -1.83. The van der Waals surface area contributed by atoms with E-state index in [1.54, 1.807) is 12.1 Å². The summed E-state index contributed by atoms with van der Waals surface area (Å²) >= 11 is 0. The zero-order valence-corrected chi connectivity index (χ0v) is 6.77. The highest BCUT2D eigenvalue weighted by Crippen LogP contribution is 1.94. The van der Waals surface area contributed by atoms with Crippen LogP contribution in [-0.4, -0.2) is 16.8 Å². The van der Waals surface area contributed by atoms with Gasteiger partial charge >= 0.3 is 12.0 Å². The van der Waals surface area contributed by atoms with E-state index in [1.807, 2.05) is 18.2 Å². The van der Waals surface area contributed by atoms with E-state index < -0.39 is 5.78 Å². The van der Waals surface area contributed by atoms with Crippen LogP contribution in [0.2, 0.25) is 0 Å². The first-order chi connectivity index (χ1) is 6.33. The van der Waals surface area contributed by atoms with Crippen LogP contribution in [0.1, 0.15) is 5.56 Å². The summed E-state index contributed by atoms with van der Waals surface area (Å²) in [5.74, 6) is 4.41. The lowest BCUT2D eigenvalue weighted by Crippen LogP contribution is -1.94. The van der Waals surface area contributed by atoms with E-state index in [1.165, 1.54) is 0 Å². The Morgan fingerprint density at radius 1 is 1.38 bits per heavy atom. The topological polar surface area (TPSA) is 53.5 Å². The third kappa shape index (κ3) is 3.15. The van der Waals surface area contributed by atoms with Crippen LogP contribution in [0.3, 0.4) is 0 Å². The molecule has 0 bridgehead atoms. The second-order valence-corrected chi connectivity index (χ2v) is 2.22. The SMILES string of the molecule is [N-]=[N+]=CC(=O)C#Cc1ccccc1. The van der Waals surface area contributed by atoms with Crippen LogP contribution in [0.15, 0.2) is 30.3 Å². The van der Waals surface area contributed by atoms with Crippen LogP contribution in [0.5, 0.6) is 0 Å². The molecule has 1 rings (SSSR count). The van der Waals surface area contributed by atoms with Crippen molar-refractivity contribution in [2.45, 2.75) is 0 Å². The van der Waals surface area contributed by atoms with Crippen molar-refractivity contribution in [3.63, 3.8) is 0 Å². The summed E-state index contributed by atoms with van der Waals surface area (Å²) in [4.78, 5) is 13.3. The van der Waals surface area contributed by atoms with Gasteiger partial charge in [0.25, 0.3) is 0 Å². The van der Waals surface area contributed by atoms with Crippen LogP contribution in [0.25, 0.3) is 5.53 Å². The van der Waals surface area contributed by atoms with Gasteiger partial charge in [0.05, 0.1) is 0 Å². The van der Waals surface area contributed by atoms with Gasteiger partial charge in [0.1, 0.15) is 0 Å².